The lowest BCUT2D eigenvalue weighted by Gasteiger charge is -2.07. The standard InChI is InChI=1S/C10H9ClO2S/c1-2-13-8-5-7(11)10-6(9(8)12)3-4-14-10/h3-5,12H,2H2,1H3. The Bertz CT molecular complexity index is 464. The van der Waals surface area contributed by atoms with Gasteiger partial charge in [0.15, 0.2) is 11.5 Å². The minimum Gasteiger partial charge on any atom is -0.504 e. The molecule has 0 spiro atoms. The van der Waals surface area contributed by atoms with E-state index in [2.05, 4.69) is 0 Å². The second-order valence-corrected chi connectivity index (χ2v) is 4.12. The van der Waals surface area contributed by atoms with E-state index < -0.39 is 0 Å². The zero-order chi connectivity index (χ0) is 10.1. The van der Waals surface area contributed by atoms with Gasteiger partial charge in [-0.2, -0.15) is 0 Å². The molecule has 2 aromatic rings. The van der Waals surface area contributed by atoms with Crippen molar-refractivity contribution >= 4 is 33.0 Å². The molecule has 1 aromatic carbocycles. The molecule has 0 fully saturated rings. The average molecular weight is 229 g/mol. The van der Waals surface area contributed by atoms with Crippen LogP contribution in [0.1, 0.15) is 6.92 Å². The molecule has 0 bridgehead atoms. The van der Waals surface area contributed by atoms with Crippen molar-refractivity contribution in [3.05, 3.63) is 22.5 Å². The number of rotatable bonds is 2. The molecular weight excluding hydrogens is 220 g/mol. The Kier molecular flexibility index (Phi) is 2.52. The number of thiophene rings is 1. The molecule has 0 saturated carbocycles. The maximum atomic E-state index is 9.82. The SMILES string of the molecule is CCOc1cc(Cl)c2sccc2c1O. The van der Waals surface area contributed by atoms with Crippen molar-refractivity contribution in [3.8, 4) is 11.5 Å². The van der Waals surface area contributed by atoms with Crippen molar-refractivity contribution in [1.82, 2.24) is 0 Å². The average Bonchev–Trinajstić information content (AvgIpc) is 2.63. The Balaban J connectivity index is 2.68. The third-order valence-electron chi connectivity index (χ3n) is 1.93. The number of fused-ring (bicyclic) bond motifs is 1. The molecule has 14 heavy (non-hydrogen) atoms. The predicted octanol–water partition coefficient (Wildman–Crippen LogP) is 3.66. The highest BCUT2D eigenvalue weighted by Gasteiger charge is 2.11. The van der Waals surface area contributed by atoms with E-state index in [9.17, 15) is 5.11 Å². The van der Waals surface area contributed by atoms with Crippen LogP contribution in [0.25, 0.3) is 10.1 Å². The summed E-state index contributed by atoms with van der Waals surface area (Å²) in [4.78, 5) is 0. The van der Waals surface area contributed by atoms with Gasteiger partial charge in [-0.15, -0.1) is 11.3 Å². The fourth-order valence-electron chi connectivity index (χ4n) is 1.33. The van der Waals surface area contributed by atoms with E-state index in [0.717, 1.165) is 10.1 Å². The Morgan fingerprint density at radius 2 is 2.36 bits per heavy atom. The van der Waals surface area contributed by atoms with Crippen LogP contribution in [0.15, 0.2) is 17.5 Å². The molecule has 0 saturated heterocycles. The van der Waals surface area contributed by atoms with Gasteiger partial charge in [-0.1, -0.05) is 11.6 Å². The second kappa shape index (κ2) is 3.67. The number of phenolic OH excluding ortho intramolecular Hbond substituents is 1. The third kappa shape index (κ3) is 1.42. The van der Waals surface area contributed by atoms with Gasteiger partial charge in [-0.25, -0.2) is 0 Å². The molecule has 2 rings (SSSR count). The maximum Gasteiger partial charge on any atom is 0.166 e. The highest BCUT2D eigenvalue weighted by atomic mass is 35.5. The molecule has 0 aliphatic rings. The van der Waals surface area contributed by atoms with E-state index in [-0.39, 0.29) is 5.75 Å². The number of benzene rings is 1. The lowest BCUT2D eigenvalue weighted by atomic mass is 10.2. The molecule has 74 valence electrons. The van der Waals surface area contributed by atoms with Crippen LogP contribution in [0.3, 0.4) is 0 Å². The van der Waals surface area contributed by atoms with E-state index in [1.54, 1.807) is 6.07 Å². The molecule has 1 heterocycles. The van der Waals surface area contributed by atoms with Gasteiger partial charge in [0.1, 0.15) is 0 Å². The quantitative estimate of drug-likeness (QED) is 0.850. The van der Waals surface area contributed by atoms with Crippen LogP contribution in [0.4, 0.5) is 0 Å². The van der Waals surface area contributed by atoms with E-state index in [0.29, 0.717) is 17.4 Å². The van der Waals surface area contributed by atoms with Crippen molar-refractivity contribution < 1.29 is 9.84 Å². The normalized spacial score (nSPS) is 10.7. The van der Waals surface area contributed by atoms with Crippen LogP contribution in [0.2, 0.25) is 5.02 Å². The molecule has 4 heteroatoms. The first-order valence-electron chi connectivity index (χ1n) is 4.25. The first-order valence-corrected chi connectivity index (χ1v) is 5.51. The number of halogens is 1. The highest BCUT2D eigenvalue weighted by molar-refractivity contribution is 7.18. The Morgan fingerprint density at radius 3 is 3.07 bits per heavy atom. The molecular formula is C10H9ClO2S. The van der Waals surface area contributed by atoms with Crippen LogP contribution in [-0.2, 0) is 0 Å². The molecule has 2 nitrogen and oxygen atoms in total. The summed E-state index contributed by atoms with van der Waals surface area (Å²) in [6.07, 6.45) is 0. The molecule has 1 aromatic heterocycles. The van der Waals surface area contributed by atoms with Crippen molar-refractivity contribution in [1.29, 1.82) is 0 Å². The molecule has 1 N–H and O–H groups in total. The van der Waals surface area contributed by atoms with Crippen LogP contribution in [0, 0.1) is 0 Å². The summed E-state index contributed by atoms with van der Waals surface area (Å²) < 4.78 is 6.16. The fraction of sp³-hybridized carbons (Fsp3) is 0.200. The summed E-state index contributed by atoms with van der Waals surface area (Å²) in [5.74, 6) is 0.621. The van der Waals surface area contributed by atoms with Crippen molar-refractivity contribution in [2.45, 2.75) is 6.92 Å². The van der Waals surface area contributed by atoms with Gasteiger partial charge >= 0.3 is 0 Å². The van der Waals surface area contributed by atoms with Crippen molar-refractivity contribution in [3.63, 3.8) is 0 Å². The molecule has 0 unspecified atom stereocenters. The van der Waals surface area contributed by atoms with Gasteiger partial charge in [-0.3, -0.25) is 0 Å². The second-order valence-electron chi connectivity index (χ2n) is 2.80. The number of hydrogen-bond donors (Lipinski definition) is 1. The molecule has 0 amide bonds. The Morgan fingerprint density at radius 1 is 1.57 bits per heavy atom. The summed E-state index contributed by atoms with van der Waals surface area (Å²) in [5, 5.41) is 13.1. The van der Waals surface area contributed by atoms with Crippen LogP contribution in [0.5, 0.6) is 11.5 Å². The zero-order valence-corrected chi connectivity index (χ0v) is 9.15. The van der Waals surface area contributed by atoms with Gasteiger partial charge in [-0.05, 0) is 18.4 Å². The van der Waals surface area contributed by atoms with E-state index >= 15 is 0 Å². The smallest absolute Gasteiger partial charge is 0.166 e. The monoisotopic (exact) mass is 228 g/mol. The minimum atomic E-state index is 0.174. The number of hydrogen-bond acceptors (Lipinski definition) is 3. The topological polar surface area (TPSA) is 29.5 Å². The van der Waals surface area contributed by atoms with Crippen LogP contribution < -0.4 is 4.74 Å². The van der Waals surface area contributed by atoms with Crippen LogP contribution >= 0.6 is 22.9 Å². The number of aromatic hydroxyl groups is 1. The molecule has 0 aliphatic heterocycles. The zero-order valence-electron chi connectivity index (χ0n) is 7.58. The number of ether oxygens (including phenoxy) is 1. The Hall–Kier alpha value is -0.930. The van der Waals surface area contributed by atoms with Crippen molar-refractivity contribution in [2.24, 2.45) is 0 Å². The molecule has 0 atom stereocenters. The predicted molar refractivity (Wildman–Crippen MR) is 59.7 cm³/mol. The Labute approximate surface area is 90.7 Å². The van der Waals surface area contributed by atoms with Gasteiger partial charge in [0.25, 0.3) is 0 Å². The van der Waals surface area contributed by atoms with E-state index in [4.69, 9.17) is 16.3 Å². The summed E-state index contributed by atoms with van der Waals surface area (Å²) in [7, 11) is 0. The summed E-state index contributed by atoms with van der Waals surface area (Å²) in [6, 6.07) is 3.49. The highest BCUT2D eigenvalue weighted by Crippen LogP contribution is 2.41. The van der Waals surface area contributed by atoms with Crippen molar-refractivity contribution in [2.75, 3.05) is 6.61 Å². The fourth-order valence-corrected chi connectivity index (χ4v) is 2.47. The molecule has 0 radical (unpaired) electrons. The summed E-state index contributed by atoms with van der Waals surface area (Å²) >= 11 is 7.54. The van der Waals surface area contributed by atoms with Gasteiger partial charge in [0.2, 0.25) is 0 Å². The van der Waals surface area contributed by atoms with Gasteiger partial charge in [0.05, 0.1) is 16.3 Å². The minimum absolute atomic E-state index is 0.174. The van der Waals surface area contributed by atoms with Gasteiger partial charge < -0.3 is 9.84 Å². The first-order chi connectivity index (χ1) is 6.74. The van der Waals surface area contributed by atoms with Crippen LogP contribution in [-0.4, -0.2) is 11.7 Å². The lowest BCUT2D eigenvalue weighted by Crippen LogP contribution is -1.91. The van der Waals surface area contributed by atoms with E-state index in [1.807, 2.05) is 18.4 Å². The summed E-state index contributed by atoms with van der Waals surface area (Å²) in [5.41, 5.74) is 0. The number of phenols is 1. The third-order valence-corrected chi connectivity index (χ3v) is 3.29. The summed E-state index contributed by atoms with van der Waals surface area (Å²) in [6.45, 7) is 2.38. The van der Waals surface area contributed by atoms with Gasteiger partial charge in [0, 0.05) is 11.5 Å². The first kappa shape index (κ1) is 9.62. The largest absolute Gasteiger partial charge is 0.504 e. The van der Waals surface area contributed by atoms with E-state index in [1.165, 1.54) is 11.3 Å². The maximum absolute atomic E-state index is 9.82. The molecule has 0 aliphatic carbocycles. The lowest BCUT2D eigenvalue weighted by molar-refractivity contribution is 0.320.